The smallest absolute Gasteiger partial charge is 0.244 e. The fraction of sp³-hybridized carbons (Fsp3) is 0.167. The largest absolute Gasteiger partial charge is 0.398 e. The van der Waals surface area contributed by atoms with E-state index in [1.165, 1.54) is 18.5 Å². The maximum absolute atomic E-state index is 12.2. The van der Waals surface area contributed by atoms with Crippen LogP contribution in [0.25, 0.3) is 0 Å². The molecular weight excluding hydrogens is 264 g/mol. The number of sulfonamides is 1. The molecule has 1 unspecified atom stereocenters. The van der Waals surface area contributed by atoms with Gasteiger partial charge in [-0.1, -0.05) is 6.07 Å². The van der Waals surface area contributed by atoms with Gasteiger partial charge in [-0.2, -0.15) is 0 Å². The predicted molar refractivity (Wildman–Crippen MR) is 71.6 cm³/mol. The van der Waals surface area contributed by atoms with Crippen LogP contribution in [0.1, 0.15) is 18.5 Å². The molecule has 2 aromatic heterocycles. The molecule has 1 atom stereocenters. The minimum atomic E-state index is -3.70. The summed E-state index contributed by atoms with van der Waals surface area (Å²) < 4.78 is 26.9. The Balaban J connectivity index is 2.26. The van der Waals surface area contributed by atoms with Gasteiger partial charge in [-0.05, 0) is 24.6 Å². The summed E-state index contributed by atoms with van der Waals surface area (Å²) in [6, 6.07) is 4.59. The summed E-state index contributed by atoms with van der Waals surface area (Å²) in [7, 11) is -3.70. The predicted octanol–water partition coefficient (Wildman–Crippen LogP) is 1.10. The van der Waals surface area contributed by atoms with Crippen LogP contribution in [0.5, 0.6) is 0 Å². The number of pyridine rings is 2. The van der Waals surface area contributed by atoms with Crippen molar-refractivity contribution < 1.29 is 8.42 Å². The van der Waals surface area contributed by atoms with E-state index in [1.807, 2.05) is 0 Å². The molecule has 0 aliphatic rings. The maximum atomic E-state index is 12.2. The van der Waals surface area contributed by atoms with Crippen molar-refractivity contribution in [2.75, 3.05) is 5.73 Å². The standard InChI is InChI=1S/C12H14N4O2S/c1-9(10-3-2-5-14-7-10)16-19(17,18)12-8-15-6-4-11(12)13/h2-9,16H,1H3,(H2,13,15). The third-order valence-corrected chi connectivity index (χ3v) is 4.21. The van der Waals surface area contributed by atoms with Crippen molar-refractivity contribution in [3.05, 3.63) is 48.5 Å². The van der Waals surface area contributed by atoms with Crippen LogP contribution in [0.4, 0.5) is 5.69 Å². The minimum absolute atomic E-state index is 0.0225. The van der Waals surface area contributed by atoms with E-state index in [-0.39, 0.29) is 10.6 Å². The molecule has 0 saturated carbocycles. The van der Waals surface area contributed by atoms with Crippen molar-refractivity contribution >= 4 is 15.7 Å². The van der Waals surface area contributed by atoms with Gasteiger partial charge in [-0.25, -0.2) is 13.1 Å². The number of hydrogen-bond acceptors (Lipinski definition) is 5. The van der Waals surface area contributed by atoms with Crippen molar-refractivity contribution in [3.8, 4) is 0 Å². The van der Waals surface area contributed by atoms with Crippen LogP contribution in [0.15, 0.2) is 47.9 Å². The molecule has 0 amide bonds. The Morgan fingerprint density at radius 3 is 2.58 bits per heavy atom. The second kappa shape index (κ2) is 5.33. The molecule has 0 saturated heterocycles. The average molecular weight is 278 g/mol. The highest BCUT2D eigenvalue weighted by molar-refractivity contribution is 7.89. The van der Waals surface area contributed by atoms with E-state index in [9.17, 15) is 8.42 Å². The second-order valence-electron chi connectivity index (χ2n) is 4.04. The molecule has 2 heterocycles. The van der Waals surface area contributed by atoms with E-state index >= 15 is 0 Å². The molecule has 2 rings (SSSR count). The molecule has 0 aliphatic carbocycles. The number of rotatable bonds is 4. The monoisotopic (exact) mass is 278 g/mol. The zero-order valence-corrected chi connectivity index (χ0v) is 11.1. The van der Waals surface area contributed by atoms with Gasteiger partial charge < -0.3 is 5.73 Å². The number of hydrogen-bond donors (Lipinski definition) is 2. The number of nitrogens with one attached hydrogen (secondary N) is 1. The molecule has 100 valence electrons. The lowest BCUT2D eigenvalue weighted by molar-refractivity contribution is 0.566. The molecule has 0 aromatic carbocycles. The number of nitrogen functional groups attached to an aromatic ring is 1. The number of nitrogens with zero attached hydrogens (tertiary/aromatic N) is 2. The fourth-order valence-corrected chi connectivity index (χ4v) is 2.92. The van der Waals surface area contributed by atoms with Gasteiger partial charge in [-0.15, -0.1) is 0 Å². The minimum Gasteiger partial charge on any atom is -0.398 e. The molecule has 0 aliphatic heterocycles. The molecule has 3 N–H and O–H groups in total. The maximum Gasteiger partial charge on any atom is 0.244 e. The van der Waals surface area contributed by atoms with Gasteiger partial charge in [0.15, 0.2) is 0 Å². The van der Waals surface area contributed by atoms with Gasteiger partial charge in [0.1, 0.15) is 4.90 Å². The molecule has 0 bridgehead atoms. The summed E-state index contributed by atoms with van der Waals surface area (Å²) >= 11 is 0. The Morgan fingerprint density at radius 2 is 1.95 bits per heavy atom. The highest BCUT2D eigenvalue weighted by Gasteiger charge is 2.20. The lowest BCUT2D eigenvalue weighted by Crippen LogP contribution is -2.27. The van der Waals surface area contributed by atoms with E-state index in [2.05, 4.69) is 14.7 Å². The van der Waals surface area contributed by atoms with Crippen molar-refractivity contribution in [1.82, 2.24) is 14.7 Å². The molecule has 0 fully saturated rings. The van der Waals surface area contributed by atoms with Crippen molar-refractivity contribution in [2.24, 2.45) is 0 Å². The first kappa shape index (κ1) is 13.4. The summed E-state index contributed by atoms with van der Waals surface area (Å²) in [5.74, 6) is 0. The Hall–Kier alpha value is -1.99. The van der Waals surface area contributed by atoms with E-state index in [0.29, 0.717) is 0 Å². The normalized spacial score (nSPS) is 13.1. The first-order valence-electron chi connectivity index (χ1n) is 5.62. The van der Waals surface area contributed by atoms with Crippen LogP contribution in [-0.2, 0) is 10.0 Å². The lowest BCUT2D eigenvalue weighted by atomic mass is 10.2. The zero-order valence-electron chi connectivity index (χ0n) is 10.3. The summed E-state index contributed by atoms with van der Waals surface area (Å²) in [4.78, 5) is 7.71. The Morgan fingerprint density at radius 1 is 1.21 bits per heavy atom. The first-order valence-corrected chi connectivity index (χ1v) is 7.11. The molecule has 0 radical (unpaired) electrons. The summed E-state index contributed by atoms with van der Waals surface area (Å²) in [5.41, 5.74) is 6.59. The third-order valence-electron chi connectivity index (χ3n) is 2.62. The fourth-order valence-electron chi connectivity index (χ4n) is 1.61. The third kappa shape index (κ3) is 3.07. The second-order valence-corrected chi connectivity index (χ2v) is 5.73. The van der Waals surface area contributed by atoms with E-state index in [0.717, 1.165) is 5.56 Å². The van der Waals surface area contributed by atoms with Gasteiger partial charge in [-0.3, -0.25) is 9.97 Å². The van der Waals surface area contributed by atoms with E-state index < -0.39 is 16.1 Å². The van der Waals surface area contributed by atoms with Gasteiger partial charge in [0.25, 0.3) is 0 Å². The van der Waals surface area contributed by atoms with Crippen LogP contribution in [0, 0.1) is 0 Å². The molecular formula is C12H14N4O2S. The van der Waals surface area contributed by atoms with Gasteiger partial charge in [0.05, 0.1) is 5.69 Å². The Labute approximate surface area is 111 Å². The summed E-state index contributed by atoms with van der Waals surface area (Å²) in [5, 5.41) is 0. The highest BCUT2D eigenvalue weighted by Crippen LogP contribution is 2.19. The number of aromatic nitrogens is 2. The Bertz CT molecular complexity index is 658. The molecule has 0 spiro atoms. The molecule has 2 aromatic rings. The summed E-state index contributed by atoms with van der Waals surface area (Å²) in [6.45, 7) is 1.74. The SMILES string of the molecule is CC(NS(=O)(=O)c1cnccc1N)c1cccnc1. The summed E-state index contributed by atoms with van der Waals surface area (Å²) in [6.07, 6.45) is 5.91. The molecule has 19 heavy (non-hydrogen) atoms. The van der Waals surface area contributed by atoms with Gasteiger partial charge >= 0.3 is 0 Å². The van der Waals surface area contributed by atoms with Crippen LogP contribution in [-0.4, -0.2) is 18.4 Å². The van der Waals surface area contributed by atoms with E-state index in [1.54, 1.807) is 31.5 Å². The first-order chi connectivity index (χ1) is 9.00. The zero-order chi connectivity index (χ0) is 13.9. The van der Waals surface area contributed by atoms with Crippen molar-refractivity contribution in [1.29, 1.82) is 0 Å². The van der Waals surface area contributed by atoms with Gasteiger partial charge in [0, 0.05) is 30.8 Å². The van der Waals surface area contributed by atoms with Crippen LogP contribution in [0.2, 0.25) is 0 Å². The number of anilines is 1. The molecule has 6 nitrogen and oxygen atoms in total. The Kier molecular flexibility index (Phi) is 3.77. The quantitative estimate of drug-likeness (QED) is 0.872. The molecule has 7 heteroatoms. The van der Waals surface area contributed by atoms with Crippen LogP contribution >= 0.6 is 0 Å². The van der Waals surface area contributed by atoms with Crippen molar-refractivity contribution in [3.63, 3.8) is 0 Å². The topological polar surface area (TPSA) is 98.0 Å². The number of nitrogens with two attached hydrogens (primary N) is 1. The van der Waals surface area contributed by atoms with E-state index in [4.69, 9.17) is 5.73 Å². The van der Waals surface area contributed by atoms with Gasteiger partial charge in [0.2, 0.25) is 10.0 Å². The van der Waals surface area contributed by atoms with Crippen LogP contribution < -0.4 is 10.5 Å². The average Bonchev–Trinajstić information content (AvgIpc) is 2.39. The highest BCUT2D eigenvalue weighted by atomic mass is 32.2. The van der Waals surface area contributed by atoms with Crippen molar-refractivity contribution in [2.45, 2.75) is 17.9 Å². The lowest BCUT2D eigenvalue weighted by Gasteiger charge is -2.14. The van der Waals surface area contributed by atoms with Crippen LogP contribution in [0.3, 0.4) is 0 Å².